The minimum atomic E-state index is -3.75. The molecular weight excluding hydrogens is 482 g/mol. The van der Waals surface area contributed by atoms with Gasteiger partial charge in [-0.3, -0.25) is 9.71 Å². The molecule has 0 radical (unpaired) electrons. The van der Waals surface area contributed by atoms with Crippen molar-refractivity contribution in [2.75, 3.05) is 11.3 Å². The van der Waals surface area contributed by atoms with E-state index in [0.717, 1.165) is 23.1 Å². The average Bonchev–Trinajstić information content (AvgIpc) is 2.85. The lowest BCUT2D eigenvalue weighted by Crippen LogP contribution is -2.24. The number of unbranched alkanes of at least 4 members (excludes halogenated alkanes) is 1. The average molecular weight is 510 g/mol. The molecule has 0 amide bonds. The first kappa shape index (κ1) is 24.8. The second kappa shape index (κ2) is 10.6. The molecule has 2 N–H and O–H groups in total. The number of aryl methyl sites for hydroxylation is 2. The van der Waals surface area contributed by atoms with Gasteiger partial charge in [0.2, 0.25) is 10.0 Å². The summed E-state index contributed by atoms with van der Waals surface area (Å²) in [5.41, 5.74) is 2.78. The molecule has 1 aromatic heterocycles. The Hall–Kier alpha value is -3.27. The minimum absolute atomic E-state index is 0.189. The van der Waals surface area contributed by atoms with Gasteiger partial charge in [0.05, 0.1) is 21.0 Å². The SMILES string of the molecule is Cc1ccc(S(=O)(=O)Nc2cccc3ccc(CCCCNS(=O)(=O)c4ccccc4)nc23)cc1. The van der Waals surface area contributed by atoms with Crippen LogP contribution in [0.2, 0.25) is 0 Å². The van der Waals surface area contributed by atoms with Gasteiger partial charge >= 0.3 is 0 Å². The molecule has 182 valence electrons. The van der Waals surface area contributed by atoms with Crippen LogP contribution in [0.1, 0.15) is 24.1 Å². The van der Waals surface area contributed by atoms with Gasteiger partial charge in [-0.15, -0.1) is 0 Å². The Kier molecular flexibility index (Phi) is 7.49. The number of para-hydroxylation sites is 1. The first-order chi connectivity index (χ1) is 16.7. The Morgan fingerprint density at radius 3 is 2.17 bits per heavy atom. The molecular formula is C26H27N3O4S2. The Morgan fingerprint density at radius 1 is 0.714 bits per heavy atom. The van der Waals surface area contributed by atoms with Crippen LogP contribution in [0.3, 0.4) is 0 Å². The molecule has 0 atom stereocenters. The molecule has 1 heterocycles. The van der Waals surface area contributed by atoms with Crippen LogP contribution in [-0.4, -0.2) is 28.4 Å². The van der Waals surface area contributed by atoms with Crippen molar-refractivity contribution in [3.8, 4) is 0 Å². The van der Waals surface area contributed by atoms with Gasteiger partial charge in [0.1, 0.15) is 0 Å². The van der Waals surface area contributed by atoms with Crippen molar-refractivity contribution in [1.29, 1.82) is 0 Å². The maximum absolute atomic E-state index is 12.9. The van der Waals surface area contributed by atoms with Crippen LogP contribution in [-0.2, 0) is 26.5 Å². The molecule has 4 aromatic rings. The number of pyridine rings is 1. The Labute approximate surface area is 206 Å². The second-order valence-electron chi connectivity index (χ2n) is 8.27. The van der Waals surface area contributed by atoms with E-state index in [0.29, 0.717) is 30.6 Å². The molecule has 0 unspecified atom stereocenters. The van der Waals surface area contributed by atoms with Crippen molar-refractivity contribution in [3.05, 3.63) is 96.2 Å². The third kappa shape index (κ3) is 6.25. The van der Waals surface area contributed by atoms with Gasteiger partial charge in [0.25, 0.3) is 10.0 Å². The largest absolute Gasteiger partial charge is 0.277 e. The number of rotatable bonds is 10. The van der Waals surface area contributed by atoms with Crippen molar-refractivity contribution in [1.82, 2.24) is 9.71 Å². The van der Waals surface area contributed by atoms with Gasteiger partial charge in [0.15, 0.2) is 0 Å². The van der Waals surface area contributed by atoms with E-state index in [2.05, 4.69) is 9.44 Å². The van der Waals surface area contributed by atoms with Crippen LogP contribution < -0.4 is 9.44 Å². The summed E-state index contributed by atoms with van der Waals surface area (Å²) in [7, 11) is -7.26. The predicted octanol–water partition coefficient (Wildman–Crippen LogP) is 4.65. The monoisotopic (exact) mass is 509 g/mol. The lowest BCUT2D eigenvalue weighted by Gasteiger charge is -2.12. The number of benzene rings is 3. The van der Waals surface area contributed by atoms with Gasteiger partial charge in [-0.25, -0.2) is 21.6 Å². The lowest BCUT2D eigenvalue weighted by atomic mass is 10.1. The summed E-state index contributed by atoms with van der Waals surface area (Å²) in [4.78, 5) is 5.13. The highest BCUT2D eigenvalue weighted by atomic mass is 32.2. The summed E-state index contributed by atoms with van der Waals surface area (Å²) in [5.74, 6) is 0. The van der Waals surface area contributed by atoms with Crippen LogP contribution in [0.4, 0.5) is 5.69 Å². The molecule has 0 saturated carbocycles. The molecule has 0 aliphatic carbocycles. The molecule has 35 heavy (non-hydrogen) atoms. The lowest BCUT2D eigenvalue weighted by molar-refractivity contribution is 0.576. The zero-order valence-corrected chi connectivity index (χ0v) is 20.9. The van der Waals surface area contributed by atoms with Crippen molar-refractivity contribution in [3.63, 3.8) is 0 Å². The molecule has 0 saturated heterocycles. The van der Waals surface area contributed by atoms with E-state index >= 15 is 0 Å². The fourth-order valence-electron chi connectivity index (χ4n) is 3.65. The van der Waals surface area contributed by atoms with E-state index in [4.69, 9.17) is 4.98 Å². The van der Waals surface area contributed by atoms with Crippen molar-refractivity contribution >= 4 is 36.6 Å². The minimum Gasteiger partial charge on any atom is -0.277 e. The number of nitrogens with one attached hydrogen (secondary N) is 2. The van der Waals surface area contributed by atoms with E-state index in [9.17, 15) is 16.8 Å². The third-order valence-electron chi connectivity index (χ3n) is 5.56. The summed E-state index contributed by atoms with van der Waals surface area (Å²) in [6, 6.07) is 24.1. The molecule has 0 aliphatic heterocycles. The number of sulfonamides is 2. The van der Waals surface area contributed by atoms with Crippen molar-refractivity contribution in [2.24, 2.45) is 0 Å². The summed E-state index contributed by atoms with van der Waals surface area (Å²) in [6.07, 6.45) is 2.02. The van der Waals surface area contributed by atoms with Gasteiger partial charge < -0.3 is 0 Å². The number of hydrogen-bond donors (Lipinski definition) is 2. The standard InChI is InChI=1S/C26H27N3O4S2/c1-20-13-17-24(18-14-20)35(32,33)29-25-12-7-8-21-15-16-22(28-26(21)25)9-5-6-19-27-34(30,31)23-10-3-2-4-11-23/h2-4,7-8,10-18,27,29H,5-6,9,19H2,1H3. The first-order valence-electron chi connectivity index (χ1n) is 11.3. The Morgan fingerprint density at radius 2 is 1.43 bits per heavy atom. The molecule has 0 aliphatic rings. The van der Waals surface area contributed by atoms with Crippen LogP contribution >= 0.6 is 0 Å². The Balaban J connectivity index is 1.41. The number of fused-ring (bicyclic) bond motifs is 1. The number of anilines is 1. The summed E-state index contributed by atoms with van der Waals surface area (Å²) in [5, 5.41) is 0.827. The van der Waals surface area contributed by atoms with E-state index < -0.39 is 20.0 Å². The second-order valence-corrected chi connectivity index (χ2v) is 11.7. The van der Waals surface area contributed by atoms with Crippen LogP contribution in [0.15, 0.2) is 94.7 Å². The number of hydrogen-bond acceptors (Lipinski definition) is 5. The quantitative estimate of drug-likeness (QED) is 0.303. The van der Waals surface area contributed by atoms with Crippen LogP contribution in [0.5, 0.6) is 0 Å². The summed E-state index contributed by atoms with van der Waals surface area (Å²) >= 11 is 0. The molecule has 0 spiro atoms. The number of aromatic nitrogens is 1. The smallest absolute Gasteiger partial charge is 0.261 e. The van der Waals surface area contributed by atoms with Gasteiger partial charge in [0, 0.05) is 17.6 Å². The molecule has 0 fully saturated rings. The normalized spacial score (nSPS) is 12.0. The van der Waals surface area contributed by atoms with Crippen molar-refractivity contribution in [2.45, 2.75) is 36.0 Å². The summed E-state index contributed by atoms with van der Waals surface area (Å²) in [6.45, 7) is 2.23. The fourth-order valence-corrected chi connectivity index (χ4v) is 5.81. The van der Waals surface area contributed by atoms with Crippen molar-refractivity contribution < 1.29 is 16.8 Å². The highest BCUT2D eigenvalue weighted by molar-refractivity contribution is 7.92. The Bertz CT molecular complexity index is 1520. The van der Waals surface area contributed by atoms with E-state index in [-0.39, 0.29) is 9.79 Å². The van der Waals surface area contributed by atoms with E-state index in [1.165, 1.54) is 0 Å². The van der Waals surface area contributed by atoms with Gasteiger partial charge in [-0.1, -0.05) is 54.1 Å². The molecule has 0 bridgehead atoms. The molecule has 3 aromatic carbocycles. The van der Waals surface area contributed by atoms with Crippen LogP contribution in [0.25, 0.3) is 10.9 Å². The molecule has 9 heteroatoms. The highest BCUT2D eigenvalue weighted by Gasteiger charge is 2.16. The highest BCUT2D eigenvalue weighted by Crippen LogP contribution is 2.25. The van der Waals surface area contributed by atoms with Gasteiger partial charge in [-0.05, 0) is 62.6 Å². The maximum atomic E-state index is 12.9. The predicted molar refractivity (Wildman–Crippen MR) is 138 cm³/mol. The maximum Gasteiger partial charge on any atom is 0.261 e. The fraction of sp³-hybridized carbons (Fsp3) is 0.192. The van der Waals surface area contributed by atoms with E-state index in [1.54, 1.807) is 66.7 Å². The zero-order valence-electron chi connectivity index (χ0n) is 19.3. The topological polar surface area (TPSA) is 105 Å². The zero-order chi connectivity index (χ0) is 24.9. The molecule has 4 rings (SSSR count). The third-order valence-corrected chi connectivity index (χ3v) is 8.42. The van der Waals surface area contributed by atoms with E-state index in [1.807, 2.05) is 25.1 Å². The first-order valence-corrected chi connectivity index (χ1v) is 14.2. The van der Waals surface area contributed by atoms with Gasteiger partial charge in [-0.2, -0.15) is 0 Å². The summed E-state index contributed by atoms with van der Waals surface area (Å²) < 4.78 is 55.6. The molecule has 7 nitrogen and oxygen atoms in total. The number of nitrogens with zero attached hydrogens (tertiary/aromatic N) is 1. The van der Waals surface area contributed by atoms with Crippen LogP contribution in [0, 0.1) is 6.92 Å².